The standard InChI is InChI=1S/C24H36ClN3O4/c1-17(2)21(26-20(29)15-27-11-13-32-14-12-27)22(30)28-10-9-24(31,23(3,4)16-28)18-5-7-19(25)8-6-18/h5-8,17,21,31H,9-16H2,1-4H3,(H,26,29)/t21-,24+/m1/s1. The van der Waals surface area contributed by atoms with Gasteiger partial charge in [0.2, 0.25) is 11.8 Å². The van der Waals surface area contributed by atoms with Gasteiger partial charge in [0, 0.05) is 36.6 Å². The van der Waals surface area contributed by atoms with Crippen molar-refractivity contribution >= 4 is 23.4 Å². The molecule has 0 aromatic heterocycles. The van der Waals surface area contributed by atoms with Crippen LogP contribution in [0.1, 0.15) is 39.7 Å². The SMILES string of the molecule is CC(C)[C@@H](NC(=O)CN1CCOCC1)C(=O)N1CC[C@](O)(c2ccc(Cl)cc2)C(C)(C)C1. The number of halogens is 1. The molecule has 0 saturated carbocycles. The smallest absolute Gasteiger partial charge is 0.245 e. The van der Waals surface area contributed by atoms with Crippen LogP contribution in [0, 0.1) is 11.3 Å². The van der Waals surface area contributed by atoms with Crippen molar-refractivity contribution in [2.24, 2.45) is 11.3 Å². The van der Waals surface area contributed by atoms with Crippen molar-refractivity contribution in [1.82, 2.24) is 15.1 Å². The fourth-order valence-electron chi connectivity index (χ4n) is 4.66. The van der Waals surface area contributed by atoms with Gasteiger partial charge in [-0.15, -0.1) is 0 Å². The Hall–Kier alpha value is -1.67. The number of aliphatic hydroxyl groups is 1. The second kappa shape index (κ2) is 10.1. The minimum absolute atomic E-state index is 0.0451. The van der Waals surface area contributed by atoms with Crippen molar-refractivity contribution < 1.29 is 19.4 Å². The Morgan fingerprint density at radius 2 is 1.78 bits per heavy atom. The van der Waals surface area contributed by atoms with Gasteiger partial charge in [0.25, 0.3) is 0 Å². The highest BCUT2D eigenvalue weighted by Crippen LogP contribution is 2.46. The van der Waals surface area contributed by atoms with Gasteiger partial charge < -0.3 is 20.1 Å². The van der Waals surface area contributed by atoms with Crippen LogP contribution >= 0.6 is 11.6 Å². The van der Waals surface area contributed by atoms with Crippen LogP contribution in [0.3, 0.4) is 0 Å². The summed E-state index contributed by atoms with van der Waals surface area (Å²) in [5, 5.41) is 15.1. The molecule has 0 bridgehead atoms. The van der Waals surface area contributed by atoms with Gasteiger partial charge in [0.05, 0.1) is 25.4 Å². The molecule has 0 spiro atoms. The number of likely N-dealkylation sites (tertiary alicyclic amines) is 1. The van der Waals surface area contributed by atoms with Crippen molar-refractivity contribution in [2.45, 2.75) is 45.8 Å². The van der Waals surface area contributed by atoms with E-state index in [-0.39, 0.29) is 24.3 Å². The zero-order valence-corrected chi connectivity index (χ0v) is 20.3. The van der Waals surface area contributed by atoms with Gasteiger partial charge in [-0.25, -0.2) is 0 Å². The summed E-state index contributed by atoms with van der Waals surface area (Å²) in [6.07, 6.45) is 0.417. The molecule has 2 amide bonds. The first-order chi connectivity index (χ1) is 15.0. The Balaban J connectivity index is 1.67. The molecular weight excluding hydrogens is 430 g/mol. The third-order valence-corrected chi connectivity index (χ3v) is 7.05. The molecule has 2 N–H and O–H groups in total. The molecule has 2 saturated heterocycles. The van der Waals surface area contributed by atoms with E-state index in [0.717, 1.165) is 18.7 Å². The second-order valence-corrected chi connectivity index (χ2v) is 10.4. The number of rotatable bonds is 6. The molecule has 2 heterocycles. The van der Waals surface area contributed by atoms with Crippen molar-refractivity contribution in [3.05, 3.63) is 34.9 Å². The number of nitrogens with one attached hydrogen (secondary N) is 1. The second-order valence-electron chi connectivity index (χ2n) is 9.94. The number of ether oxygens (including phenoxy) is 1. The minimum atomic E-state index is -1.07. The number of carbonyl (C=O) groups excluding carboxylic acids is 2. The van der Waals surface area contributed by atoms with Crippen molar-refractivity contribution in [3.63, 3.8) is 0 Å². The molecule has 7 nitrogen and oxygen atoms in total. The van der Waals surface area contributed by atoms with E-state index < -0.39 is 17.1 Å². The van der Waals surface area contributed by atoms with E-state index in [4.69, 9.17) is 16.3 Å². The Morgan fingerprint density at radius 3 is 2.34 bits per heavy atom. The average Bonchev–Trinajstić information content (AvgIpc) is 2.74. The summed E-state index contributed by atoms with van der Waals surface area (Å²) in [7, 11) is 0. The zero-order chi connectivity index (χ0) is 23.5. The first kappa shape index (κ1) is 25.0. The highest BCUT2D eigenvalue weighted by Gasteiger charge is 2.50. The lowest BCUT2D eigenvalue weighted by molar-refractivity contribution is -0.156. The first-order valence-corrected chi connectivity index (χ1v) is 11.8. The number of carbonyl (C=O) groups is 2. The number of piperidine rings is 1. The van der Waals surface area contributed by atoms with E-state index in [9.17, 15) is 14.7 Å². The highest BCUT2D eigenvalue weighted by atomic mass is 35.5. The summed E-state index contributed by atoms with van der Waals surface area (Å²) in [6, 6.07) is 6.66. The van der Waals surface area contributed by atoms with E-state index in [1.165, 1.54) is 0 Å². The van der Waals surface area contributed by atoms with E-state index in [1.807, 2.05) is 44.7 Å². The lowest BCUT2D eigenvalue weighted by atomic mass is 9.66. The maximum Gasteiger partial charge on any atom is 0.245 e. The maximum absolute atomic E-state index is 13.4. The molecule has 0 aliphatic carbocycles. The van der Waals surface area contributed by atoms with Gasteiger partial charge >= 0.3 is 0 Å². The van der Waals surface area contributed by atoms with Crippen LogP contribution in [0.5, 0.6) is 0 Å². The Labute approximate surface area is 196 Å². The molecule has 8 heteroatoms. The average molecular weight is 466 g/mol. The maximum atomic E-state index is 13.4. The van der Waals surface area contributed by atoms with Gasteiger partial charge in [-0.05, 0) is 30.0 Å². The van der Waals surface area contributed by atoms with Gasteiger partial charge in [-0.3, -0.25) is 14.5 Å². The van der Waals surface area contributed by atoms with E-state index in [1.54, 1.807) is 17.0 Å². The molecule has 2 atom stereocenters. The minimum Gasteiger partial charge on any atom is -0.384 e. The van der Waals surface area contributed by atoms with Crippen molar-refractivity contribution in [2.75, 3.05) is 45.9 Å². The van der Waals surface area contributed by atoms with Crippen LogP contribution in [0.4, 0.5) is 0 Å². The van der Waals surface area contributed by atoms with Crippen molar-refractivity contribution in [1.29, 1.82) is 0 Å². The lowest BCUT2D eigenvalue weighted by Crippen LogP contribution is -2.61. The predicted octanol–water partition coefficient (Wildman–Crippen LogP) is 2.26. The summed E-state index contributed by atoms with van der Waals surface area (Å²) in [6.45, 7) is 11.6. The monoisotopic (exact) mass is 465 g/mol. The number of nitrogens with zero attached hydrogens (tertiary/aromatic N) is 2. The number of benzene rings is 1. The molecular formula is C24H36ClN3O4. The number of morpholine rings is 1. The van der Waals surface area contributed by atoms with Crippen LogP contribution in [-0.2, 0) is 19.9 Å². The molecule has 3 rings (SSSR count). The first-order valence-electron chi connectivity index (χ1n) is 11.4. The number of hydrogen-bond donors (Lipinski definition) is 2. The third-order valence-electron chi connectivity index (χ3n) is 6.80. The summed E-state index contributed by atoms with van der Waals surface area (Å²) in [5.74, 6) is -0.286. The molecule has 0 unspecified atom stereocenters. The molecule has 2 fully saturated rings. The Kier molecular flexibility index (Phi) is 7.86. The third kappa shape index (κ3) is 5.45. The summed E-state index contributed by atoms with van der Waals surface area (Å²) < 4.78 is 5.33. The van der Waals surface area contributed by atoms with E-state index in [2.05, 4.69) is 5.32 Å². The van der Waals surface area contributed by atoms with Gasteiger partial charge in [-0.2, -0.15) is 0 Å². The largest absolute Gasteiger partial charge is 0.384 e. The summed E-state index contributed by atoms with van der Waals surface area (Å²) in [4.78, 5) is 29.9. The quantitative estimate of drug-likeness (QED) is 0.673. The molecule has 0 radical (unpaired) electrons. The Bertz CT molecular complexity index is 808. The molecule has 2 aliphatic heterocycles. The van der Waals surface area contributed by atoms with Gasteiger partial charge in [0.1, 0.15) is 6.04 Å². The topological polar surface area (TPSA) is 82.1 Å². The van der Waals surface area contributed by atoms with Crippen LogP contribution in [-0.4, -0.2) is 78.7 Å². The molecule has 32 heavy (non-hydrogen) atoms. The van der Waals surface area contributed by atoms with Gasteiger partial charge in [0.15, 0.2) is 0 Å². The molecule has 2 aliphatic rings. The highest BCUT2D eigenvalue weighted by molar-refractivity contribution is 6.30. The fraction of sp³-hybridized carbons (Fsp3) is 0.667. The van der Waals surface area contributed by atoms with Crippen LogP contribution < -0.4 is 5.32 Å². The predicted molar refractivity (Wildman–Crippen MR) is 124 cm³/mol. The summed E-state index contributed by atoms with van der Waals surface area (Å²) in [5.41, 5.74) is -0.840. The van der Waals surface area contributed by atoms with Crippen LogP contribution in [0.15, 0.2) is 24.3 Å². The molecule has 1 aromatic rings. The van der Waals surface area contributed by atoms with E-state index in [0.29, 0.717) is 37.7 Å². The zero-order valence-electron chi connectivity index (χ0n) is 19.6. The van der Waals surface area contributed by atoms with Crippen molar-refractivity contribution in [3.8, 4) is 0 Å². The lowest BCUT2D eigenvalue weighted by Gasteiger charge is -2.51. The molecule has 1 aromatic carbocycles. The fourth-order valence-corrected chi connectivity index (χ4v) is 4.79. The Morgan fingerprint density at radius 1 is 1.16 bits per heavy atom. The normalized spacial score (nSPS) is 24.9. The molecule has 178 valence electrons. The summed E-state index contributed by atoms with van der Waals surface area (Å²) >= 11 is 6.02. The van der Waals surface area contributed by atoms with Crippen LogP contribution in [0.2, 0.25) is 5.02 Å². The number of hydrogen-bond acceptors (Lipinski definition) is 5. The number of amides is 2. The van der Waals surface area contributed by atoms with E-state index >= 15 is 0 Å². The van der Waals surface area contributed by atoms with Gasteiger partial charge in [-0.1, -0.05) is 51.4 Å². The van der Waals surface area contributed by atoms with Crippen LogP contribution in [0.25, 0.3) is 0 Å².